The van der Waals surface area contributed by atoms with Crippen molar-refractivity contribution in [1.29, 1.82) is 0 Å². The fourth-order valence-corrected chi connectivity index (χ4v) is 4.79. The number of carbonyl (C=O) groups excluding carboxylic acids is 1. The zero-order valence-corrected chi connectivity index (χ0v) is 19.3. The van der Waals surface area contributed by atoms with Crippen LogP contribution in [0.2, 0.25) is 5.02 Å². The first-order valence-corrected chi connectivity index (χ1v) is 12.5. The summed E-state index contributed by atoms with van der Waals surface area (Å²) in [5, 5.41) is 7.50. The maximum Gasteiger partial charge on any atom is 0.240 e. The summed E-state index contributed by atoms with van der Waals surface area (Å²) in [7, 11) is -3.71. The van der Waals surface area contributed by atoms with Crippen LogP contribution < -0.4 is 14.8 Å². The van der Waals surface area contributed by atoms with Crippen molar-refractivity contribution in [2.24, 2.45) is 0 Å². The van der Waals surface area contributed by atoms with E-state index in [4.69, 9.17) is 16.3 Å². The van der Waals surface area contributed by atoms with E-state index in [2.05, 4.69) is 10.0 Å². The summed E-state index contributed by atoms with van der Waals surface area (Å²) in [6.45, 7) is 2.34. The van der Waals surface area contributed by atoms with Crippen LogP contribution in [0.5, 0.6) is 5.75 Å². The number of thiophene rings is 1. The van der Waals surface area contributed by atoms with Gasteiger partial charge in [-0.2, -0.15) is 11.3 Å². The van der Waals surface area contributed by atoms with Gasteiger partial charge in [-0.25, -0.2) is 13.1 Å². The molecule has 3 aromatic rings. The van der Waals surface area contributed by atoms with Crippen molar-refractivity contribution in [3.63, 3.8) is 0 Å². The van der Waals surface area contributed by atoms with E-state index in [-0.39, 0.29) is 29.8 Å². The van der Waals surface area contributed by atoms with E-state index in [0.717, 1.165) is 11.1 Å². The molecule has 2 N–H and O–H groups in total. The van der Waals surface area contributed by atoms with Crippen LogP contribution in [-0.4, -0.2) is 27.5 Å². The van der Waals surface area contributed by atoms with Gasteiger partial charge in [-0.3, -0.25) is 4.79 Å². The van der Waals surface area contributed by atoms with Gasteiger partial charge in [-0.05, 0) is 71.3 Å². The van der Waals surface area contributed by atoms with Gasteiger partial charge < -0.3 is 10.1 Å². The number of ether oxygens (including phenoxy) is 1. The molecule has 1 aromatic heterocycles. The Bertz CT molecular complexity index is 1080. The van der Waals surface area contributed by atoms with Crippen LogP contribution in [0.15, 0.2) is 70.3 Å². The van der Waals surface area contributed by atoms with Gasteiger partial charge in [0.2, 0.25) is 15.9 Å². The molecular weight excluding hydrogens is 456 g/mol. The molecule has 3 rings (SSSR count). The van der Waals surface area contributed by atoms with Crippen LogP contribution in [0.3, 0.4) is 0 Å². The van der Waals surface area contributed by atoms with Crippen molar-refractivity contribution in [3.8, 4) is 5.75 Å². The van der Waals surface area contributed by atoms with E-state index in [1.807, 2.05) is 35.9 Å². The predicted molar refractivity (Wildman–Crippen MR) is 123 cm³/mol. The smallest absolute Gasteiger partial charge is 0.240 e. The molecule has 1 amide bonds. The lowest BCUT2D eigenvalue weighted by molar-refractivity contribution is -0.121. The Hall–Kier alpha value is -2.39. The summed E-state index contributed by atoms with van der Waals surface area (Å²) in [5.74, 6) is 0.336. The molecule has 0 spiro atoms. The fraction of sp³-hybridized carbons (Fsp3) is 0.227. The molecule has 1 unspecified atom stereocenters. The third kappa shape index (κ3) is 6.54. The van der Waals surface area contributed by atoms with E-state index in [9.17, 15) is 13.2 Å². The third-order valence-electron chi connectivity index (χ3n) is 4.47. The Labute approximate surface area is 191 Å². The third-order valence-corrected chi connectivity index (χ3v) is 6.90. The molecule has 6 nitrogen and oxygen atoms in total. The number of sulfonamides is 1. The van der Waals surface area contributed by atoms with E-state index in [1.54, 1.807) is 24.3 Å². The van der Waals surface area contributed by atoms with Crippen LogP contribution in [0.1, 0.15) is 30.5 Å². The maximum atomic E-state index is 12.5. The van der Waals surface area contributed by atoms with Gasteiger partial charge in [-0.15, -0.1) is 0 Å². The molecule has 0 aliphatic rings. The second kappa shape index (κ2) is 10.8. The molecular formula is C22H23ClN2O4S2. The Balaban J connectivity index is 1.59. The number of halogens is 1. The van der Waals surface area contributed by atoms with Crippen molar-refractivity contribution in [3.05, 3.63) is 81.5 Å². The second-order valence-corrected chi connectivity index (χ2v) is 9.64. The molecule has 0 fully saturated rings. The number of nitrogens with one attached hydrogen (secondary N) is 2. The minimum absolute atomic E-state index is 0.00445. The lowest BCUT2D eigenvalue weighted by Crippen LogP contribution is -2.33. The summed E-state index contributed by atoms with van der Waals surface area (Å²) < 4.78 is 32.7. The number of amides is 1. The highest BCUT2D eigenvalue weighted by Gasteiger charge is 2.19. The van der Waals surface area contributed by atoms with Gasteiger partial charge in [0, 0.05) is 18.0 Å². The maximum absolute atomic E-state index is 12.5. The zero-order chi connectivity index (χ0) is 22.3. The monoisotopic (exact) mass is 478 g/mol. The van der Waals surface area contributed by atoms with Gasteiger partial charge >= 0.3 is 0 Å². The van der Waals surface area contributed by atoms with E-state index < -0.39 is 10.0 Å². The zero-order valence-electron chi connectivity index (χ0n) is 16.9. The Kier molecular flexibility index (Phi) is 8.09. The summed E-state index contributed by atoms with van der Waals surface area (Å²) in [6.07, 6.45) is 0.00445. The van der Waals surface area contributed by atoms with Crippen LogP contribution in [0.4, 0.5) is 0 Å². The molecule has 9 heteroatoms. The standard InChI is InChI=1S/C22H23ClN2O4S2/c1-2-29-19-7-9-20(10-8-19)31(27,28)24-13-11-21(26)25-22(17-12-14-30-15-17)16-3-5-18(23)6-4-16/h3-10,12,14-15,22,24H,2,11,13H2,1H3,(H,25,26). The Morgan fingerprint density at radius 1 is 1.06 bits per heavy atom. The van der Waals surface area contributed by atoms with Crippen molar-refractivity contribution in [1.82, 2.24) is 10.0 Å². The summed E-state index contributed by atoms with van der Waals surface area (Å²) in [5.41, 5.74) is 1.85. The van der Waals surface area contributed by atoms with Gasteiger partial charge in [0.05, 0.1) is 17.5 Å². The topological polar surface area (TPSA) is 84.5 Å². The van der Waals surface area contributed by atoms with Crippen LogP contribution in [-0.2, 0) is 14.8 Å². The van der Waals surface area contributed by atoms with Crippen LogP contribution >= 0.6 is 22.9 Å². The summed E-state index contributed by atoms with van der Waals surface area (Å²) >= 11 is 7.51. The van der Waals surface area contributed by atoms with E-state index in [1.165, 1.54) is 23.5 Å². The lowest BCUT2D eigenvalue weighted by atomic mass is 10.0. The van der Waals surface area contributed by atoms with Gasteiger partial charge in [-0.1, -0.05) is 23.7 Å². The van der Waals surface area contributed by atoms with Crippen molar-refractivity contribution in [2.75, 3.05) is 13.2 Å². The number of carbonyl (C=O) groups is 1. The van der Waals surface area contributed by atoms with Crippen LogP contribution in [0, 0.1) is 0 Å². The normalized spacial score (nSPS) is 12.3. The van der Waals surface area contributed by atoms with Gasteiger partial charge in [0.1, 0.15) is 5.75 Å². The fourth-order valence-electron chi connectivity index (χ4n) is 2.95. The van der Waals surface area contributed by atoms with Crippen LogP contribution in [0.25, 0.3) is 0 Å². The Morgan fingerprint density at radius 3 is 2.39 bits per heavy atom. The molecule has 1 heterocycles. The predicted octanol–water partition coefficient (Wildman–Crippen LogP) is 4.37. The minimum Gasteiger partial charge on any atom is -0.494 e. The minimum atomic E-state index is -3.71. The molecule has 1 atom stereocenters. The largest absolute Gasteiger partial charge is 0.494 e. The lowest BCUT2D eigenvalue weighted by Gasteiger charge is -2.19. The van der Waals surface area contributed by atoms with Crippen molar-refractivity contribution in [2.45, 2.75) is 24.3 Å². The molecule has 0 saturated heterocycles. The SMILES string of the molecule is CCOc1ccc(S(=O)(=O)NCCC(=O)NC(c2ccc(Cl)cc2)c2ccsc2)cc1. The van der Waals surface area contributed by atoms with Gasteiger partial charge in [0.15, 0.2) is 0 Å². The summed E-state index contributed by atoms with van der Waals surface area (Å²) in [6, 6.07) is 15.0. The molecule has 0 radical (unpaired) electrons. The highest BCUT2D eigenvalue weighted by molar-refractivity contribution is 7.89. The highest BCUT2D eigenvalue weighted by Crippen LogP contribution is 2.25. The number of rotatable bonds is 10. The number of hydrogen-bond acceptors (Lipinski definition) is 5. The molecule has 0 aliphatic carbocycles. The highest BCUT2D eigenvalue weighted by atomic mass is 35.5. The summed E-state index contributed by atoms with van der Waals surface area (Å²) in [4.78, 5) is 12.7. The first kappa shape index (κ1) is 23.3. The van der Waals surface area contributed by atoms with Gasteiger partial charge in [0.25, 0.3) is 0 Å². The second-order valence-electron chi connectivity index (χ2n) is 6.66. The van der Waals surface area contributed by atoms with E-state index >= 15 is 0 Å². The number of benzene rings is 2. The van der Waals surface area contributed by atoms with Crippen molar-refractivity contribution >= 4 is 38.9 Å². The van der Waals surface area contributed by atoms with Crippen molar-refractivity contribution < 1.29 is 17.9 Å². The molecule has 0 saturated carbocycles. The Morgan fingerprint density at radius 2 is 1.77 bits per heavy atom. The average Bonchev–Trinajstić information content (AvgIpc) is 3.28. The first-order valence-electron chi connectivity index (χ1n) is 9.68. The number of hydrogen-bond donors (Lipinski definition) is 2. The molecule has 0 bridgehead atoms. The molecule has 2 aromatic carbocycles. The average molecular weight is 479 g/mol. The molecule has 0 aliphatic heterocycles. The van der Waals surface area contributed by atoms with E-state index in [0.29, 0.717) is 17.4 Å². The molecule has 31 heavy (non-hydrogen) atoms. The first-order chi connectivity index (χ1) is 14.9. The molecule has 164 valence electrons. The quantitative estimate of drug-likeness (QED) is 0.453.